The summed E-state index contributed by atoms with van der Waals surface area (Å²) in [4.78, 5) is 20.5. The van der Waals surface area contributed by atoms with Gasteiger partial charge in [-0.25, -0.2) is 4.98 Å². The lowest BCUT2D eigenvalue weighted by atomic mass is 10.2. The Morgan fingerprint density at radius 2 is 2.35 bits per heavy atom. The van der Waals surface area contributed by atoms with E-state index in [-0.39, 0.29) is 5.91 Å². The average Bonchev–Trinajstić information content (AvgIpc) is 2.98. The molecule has 124 valence electrons. The van der Waals surface area contributed by atoms with Crippen molar-refractivity contribution < 1.29 is 14.3 Å². The van der Waals surface area contributed by atoms with Gasteiger partial charge < -0.3 is 19.3 Å². The van der Waals surface area contributed by atoms with Gasteiger partial charge in [-0.2, -0.15) is 0 Å². The first kappa shape index (κ1) is 16.0. The molecule has 7 heteroatoms. The van der Waals surface area contributed by atoms with Gasteiger partial charge in [0.15, 0.2) is 11.2 Å². The lowest BCUT2D eigenvalue weighted by molar-refractivity contribution is -0.141. The van der Waals surface area contributed by atoms with Crippen molar-refractivity contribution in [1.82, 2.24) is 9.88 Å². The molecule has 23 heavy (non-hydrogen) atoms. The summed E-state index contributed by atoms with van der Waals surface area (Å²) in [7, 11) is 3.50. The summed E-state index contributed by atoms with van der Waals surface area (Å²) in [6.07, 6.45) is -0.426. The molecule has 0 bridgehead atoms. The van der Waals surface area contributed by atoms with Crippen molar-refractivity contribution in [2.75, 3.05) is 45.3 Å². The predicted molar refractivity (Wildman–Crippen MR) is 91.4 cm³/mol. The molecule has 1 aliphatic rings. The summed E-state index contributed by atoms with van der Waals surface area (Å²) in [5, 5.41) is 0.925. The van der Waals surface area contributed by atoms with Crippen molar-refractivity contribution in [3.63, 3.8) is 0 Å². The third kappa shape index (κ3) is 3.40. The number of likely N-dealkylation sites (N-methyl/N-ethyl adjacent to an activating group) is 1. The Bertz CT molecular complexity index is 701. The molecule has 1 aromatic carbocycles. The van der Waals surface area contributed by atoms with Gasteiger partial charge in [0.25, 0.3) is 5.91 Å². The number of carbonyl (C=O) groups is 1. The van der Waals surface area contributed by atoms with Crippen LogP contribution in [0.2, 0.25) is 0 Å². The smallest absolute Gasteiger partial charge is 0.253 e. The molecular formula is C16H21N3O3S. The van der Waals surface area contributed by atoms with Crippen molar-refractivity contribution in [2.45, 2.75) is 13.0 Å². The number of carbonyl (C=O) groups excluding carboxylic acids is 1. The highest BCUT2D eigenvalue weighted by molar-refractivity contribution is 7.22. The van der Waals surface area contributed by atoms with Gasteiger partial charge in [-0.3, -0.25) is 4.79 Å². The van der Waals surface area contributed by atoms with E-state index in [1.807, 2.05) is 25.1 Å². The number of benzene rings is 1. The van der Waals surface area contributed by atoms with Crippen LogP contribution in [0.15, 0.2) is 18.2 Å². The zero-order chi connectivity index (χ0) is 16.4. The molecule has 0 N–H and O–H groups in total. The molecule has 2 heterocycles. The number of anilines is 1. The maximum atomic E-state index is 12.1. The second-order valence-electron chi connectivity index (χ2n) is 5.60. The molecule has 1 aromatic heterocycles. The van der Waals surface area contributed by atoms with E-state index in [0.717, 1.165) is 27.6 Å². The molecule has 3 rings (SSSR count). The fourth-order valence-electron chi connectivity index (χ4n) is 2.54. The van der Waals surface area contributed by atoms with Gasteiger partial charge in [0.2, 0.25) is 0 Å². The van der Waals surface area contributed by atoms with Gasteiger partial charge in [-0.15, -0.1) is 0 Å². The second-order valence-corrected chi connectivity index (χ2v) is 6.61. The molecule has 0 saturated carbocycles. The van der Waals surface area contributed by atoms with Crippen molar-refractivity contribution in [1.29, 1.82) is 0 Å². The van der Waals surface area contributed by atoms with Crippen LogP contribution in [-0.2, 0) is 9.53 Å². The molecule has 1 saturated heterocycles. The van der Waals surface area contributed by atoms with Gasteiger partial charge in [-0.1, -0.05) is 11.3 Å². The normalized spacial score (nSPS) is 18.2. The number of hydrogen-bond donors (Lipinski definition) is 0. The van der Waals surface area contributed by atoms with E-state index < -0.39 is 6.10 Å². The maximum absolute atomic E-state index is 12.1. The Morgan fingerprint density at radius 1 is 1.52 bits per heavy atom. The van der Waals surface area contributed by atoms with E-state index in [1.165, 1.54) is 0 Å². The quantitative estimate of drug-likeness (QED) is 0.855. The third-order valence-electron chi connectivity index (χ3n) is 3.71. The summed E-state index contributed by atoms with van der Waals surface area (Å²) >= 11 is 1.62. The Hall–Kier alpha value is -1.86. The predicted octanol–water partition coefficient (Wildman–Crippen LogP) is 1.99. The molecule has 1 fully saturated rings. The monoisotopic (exact) mass is 335 g/mol. The van der Waals surface area contributed by atoms with Crippen molar-refractivity contribution >= 4 is 32.6 Å². The minimum absolute atomic E-state index is 0.00515. The van der Waals surface area contributed by atoms with Crippen LogP contribution in [0.1, 0.15) is 6.92 Å². The molecular weight excluding hydrogens is 314 g/mol. The van der Waals surface area contributed by atoms with Crippen LogP contribution in [0.3, 0.4) is 0 Å². The summed E-state index contributed by atoms with van der Waals surface area (Å²) in [6, 6.07) is 5.93. The van der Waals surface area contributed by atoms with Gasteiger partial charge in [0.1, 0.15) is 5.75 Å². The first-order chi connectivity index (χ1) is 11.1. The van der Waals surface area contributed by atoms with Crippen LogP contribution < -0.4 is 9.64 Å². The third-order valence-corrected chi connectivity index (χ3v) is 4.79. The van der Waals surface area contributed by atoms with Crippen LogP contribution >= 0.6 is 11.3 Å². The number of morpholine rings is 1. The lowest BCUT2D eigenvalue weighted by Crippen LogP contribution is -2.49. The van der Waals surface area contributed by atoms with E-state index in [2.05, 4.69) is 9.88 Å². The first-order valence-corrected chi connectivity index (χ1v) is 8.51. The minimum atomic E-state index is -0.426. The molecule has 1 atom stereocenters. The van der Waals surface area contributed by atoms with Crippen LogP contribution in [-0.4, -0.2) is 62.3 Å². The average molecular weight is 335 g/mol. The Kier molecular flexibility index (Phi) is 4.68. The number of rotatable bonds is 4. The van der Waals surface area contributed by atoms with E-state index >= 15 is 0 Å². The van der Waals surface area contributed by atoms with Crippen LogP contribution in [0, 0.1) is 0 Å². The van der Waals surface area contributed by atoms with Crippen LogP contribution in [0.5, 0.6) is 5.75 Å². The van der Waals surface area contributed by atoms with Crippen LogP contribution in [0.25, 0.3) is 10.2 Å². The number of nitrogens with zero attached hydrogens (tertiary/aromatic N) is 3. The Balaban J connectivity index is 1.80. The number of fused-ring (bicyclic) bond motifs is 1. The number of aromatic nitrogens is 1. The molecule has 1 aliphatic heterocycles. The van der Waals surface area contributed by atoms with Crippen molar-refractivity contribution in [3.05, 3.63) is 18.2 Å². The second kappa shape index (κ2) is 6.72. The fraction of sp³-hybridized carbons (Fsp3) is 0.500. The van der Waals surface area contributed by atoms with E-state index in [4.69, 9.17) is 9.47 Å². The molecule has 6 nitrogen and oxygen atoms in total. The first-order valence-electron chi connectivity index (χ1n) is 7.69. The number of thiazole rings is 1. The van der Waals surface area contributed by atoms with E-state index in [1.54, 1.807) is 30.3 Å². The maximum Gasteiger partial charge on any atom is 0.253 e. The largest absolute Gasteiger partial charge is 0.494 e. The van der Waals surface area contributed by atoms with Gasteiger partial charge >= 0.3 is 0 Å². The molecule has 0 spiro atoms. The fourth-order valence-corrected chi connectivity index (χ4v) is 3.57. The standard InChI is InChI=1S/C16H21N3O3S/c1-4-21-11-5-6-12-14(9-11)23-16(17-12)19-7-8-22-13(10-19)15(20)18(2)3/h5-6,9,13H,4,7-8,10H2,1-3H3. The van der Waals surface area contributed by atoms with Gasteiger partial charge in [-0.05, 0) is 25.1 Å². The SMILES string of the molecule is CCOc1ccc2nc(N3CCOC(C(=O)N(C)C)C3)sc2c1. The summed E-state index contributed by atoms with van der Waals surface area (Å²) in [5.41, 5.74) is 0.954. The lowest BCUT2D eigenvalue weighted by Gasteiger charge is -2.33. The van der Waals surface area contributed by atoms with E-state index in [9.17, 15) is 4.79 Å². The summed E-state index contributed by atoms with van der Waals surface area (Å²) < 4.78 is 12.2. The molecule has 1 amide bonds. The summed E-state index contributed by atoms with van der Waals surface area (Å²) in [5.74, 6) is 0.854. The summed E-state index contributed by atoms with van der Waals surface area (Å²) in [6.45, 7) is 4.43. The number of amides is 1. The highest BCUT2D eigenvalue weighted by Gasteiger charge is 2.29. The Morgan fingerprint density at radius 3 is 3.09 bits per heavy atom. The topological polar surface area (TPSA) is 54.9 Å². The highest BCUT2D eigenvalue weighted by atomic mass is 32.1. The van der Waals surface area contributed by atoms with Crippen LogP contribution in [0.4, 0.5) is 5.13 Å². The van der Waals surface area contributed by atoms with Gasteiger partial charge in [0.05, 0.1) is 30.0 Å². The zero-order valence-corrected chi connectivity index (χ0v) is 14.4. The molecule has 1 unspecified atom stereocenters. The van der Waals surface area contributed by atoms with Crippen molar-refractivity contribution in [3.8, 4) is 5.75 Å². The van der Waals surface area contributed by atoms with Gasteiger partial charge in [0, 0.05) is 20.6 Å². The molecule has 0 aliphatic carbocycles. The number of hydrogen-bond acceptors (Lipinski definition) is 6. The molecule has 0 radical (unpaired) electrons. The number of ether oxygens (including phenoxy) is 2. The van der Waals surface area contributed by atoms with E-state index in [0.29, 0.717) is 19.8 Å². The minimum Gasteiger partial charge on any atom is -0.494 e. The zero-order valence-electron chi connectivity index (χ0n) is 13.6. The Labute approximate surface area is 139 Å². The van der Waals surface area contributed by atoms with Crippen molar-refractivity contribution in [2.24, 2.45) is 0 Å². The highest BCUT2D eigenvalue weighted by Crippen LogP contribution is 2.32. The molecule has 2 aromatic rings.